The molecule has 0 saturated carbocycles. The fourth-order valence-electron chi connectivity index (χ4n) is 2.54. The van der Waals surface area contributed by atoms with Gasteiger partial charge in [-0.2, -0.15) is 0 Å². The van der Waals surface area contributed by atoms with Crippen molar-refractivity contribution in [2.45, 2.75) is 51.7 Å². The standard InChI is InChI=1S/C16H26FN3O/c1-12(2)19-10-13-7-8-18-16(15(13)17)21-11-14-6-4-5-9-20(14)3/h7-8,12,14,19H,4-6,9-11H2,1-3H3. The van der Waals surface area contributed by atoms with Crippen LogP contribution in [0.25, 0.3) is 0 Å². The lowest BCUT2D eigenvalue weighted by Crippen LogP contribution is -2.40. The second kappa shape index (κ2) is 7.71. The van der Waals surface area contributed by atoms with Gasteiger partial charge in [-0.25, -0.2) is 9.37 Å². The van der Waals surface area contributed by atoms with Gasteiger partial charge in [-0.15, -0.1) is 0 Å². The van der Waals surface area contributed by atoms with Crippen molar-refractivity contribution in [3.63, 3.8) is 0 Å². The van der Waals surface area contributed by atoms with Crippen molar-refractivity contribution in [1.29, 1.82) is 0 Å². The Bertz CT molecular complexity index is 453. The highest BCUT2D eigenvalue weighted by Crippen LogP contribution is 2.20. The van der Waals surface area contributed by atoms with Crippen LogP contribution in [-0.2, 0) is 6.54 Å². The highest BCUT2D eigenvalue weighted by molar-refractivity contribution is 5.23. The average molecular weight is 295 g/mol. The summed E-state index contributed by atoms with van der Waals surface area (Å²) in [5, 5.41) is 3.21. The van der Waals surface area contributed by atoms with E-state index in [1.54, 1.807) is 12.3 Å². The van der Waals surface area contributed by atoms with Crippen molar-refractivity contribution < 1.29 is 9.13 Å². The van der Waals surface area contributed by atoms with Gasteiger partial charge < -0.3 is 15.0 Å². The van der Waals surface area contributed by atoms with E-state index in [2.05, 4.69) is 22.2 Å². The van der Waals surface area contributed by atoms with E-state index >= 15 is 0 Å². The molecule has 5 heteroatoms. The lowest BCUT2D eigenvalue weighted by Gasteiger charge is -2.32. The molecule has 118 valence electrons. The summed E-state index contributed by atoms with van der Waals surface area (Å²) in [6.45, 7) is 6.15. The van der Waals surface area contributed by atoms with E-state index in [-0.39, 0.29) is 11.7 Å². The maximum atomic E-state index is 14.3. The summed E-state index contributed by atoms with van der Waals surface area (Å²) in [7, 11) is 2.10. The van der Waals surface area contributed by atoms with E-state index in [0.717, 1.165) is 13.0 Å². The van der Waals surface area contributed by atoms with Gasteiger partial charge in [0.25, 0.3) is 5.88 Å². The predicted octanol–water partition coefficient (Wildman–Crippen LogP) is 2.58. The third-order valence-electron chi connectivity index (χ3n) is 3.97. The molecule has 1 unspecified atom stereocenters. The molecule has 0 aliphatic carbocycles. The Kier molecular flexibility index (Phi) is 5.94. The first kappa shape index (κ1) is 16.2. The van der Waals surface area contributed by atoms with Crippen molar-refractivity contribution in [2.24, 2.45) is 0 Å². The van der Waals surface area contributed by atoms with E-state index in [9.17, 15) is 4.39 Å². The fraction of sp³-hybridized carbons (Fsp3) is 0.688. The van der Waals surface area contributed by atoms with Crippen LogP contribution in [0.2, 0.25) is 0 Å². The lowest BCUT2D eigenvalue weighted by atomic mass is 10.0. The number of pyridine rings is 1. The highest BCUT2D eigenvalue weighted by Gasteiger charge is 2.20. The second-order valence-corrected chi connectivity index (χ2v) is 6.07. The molecule has 1 N–H and O–H groups in total. The van der Waals surface area contributed by atoms with E-state index in [1.807, 2.05) is 13.8 Å². The number of rotatable bonds is 6. The first-order chi connectivity index (χ1) is 10.1. The van der Waals surface area contributed by atoms with Crippen molar-refractivity contribution in [1.82, 2.24) is 15.2 Å². The number of nitrogens with zero attached hydrogens (tertiary/aromatic N) is 2. The summed E-state index contributed by atoms with van der Waals surface area (Å²) in [6.07, 6.45) is 5.16. The predicted molar refractivity (Wildman–Crippen MR) is 81.9 cm³/mol. The molecule has 0 bridgehead atoms. The molecule has 1 aliphatic rings. The number of likely N-dealkylation sites (N-methyl/N-ethyl adjacent to an activating group) is 1. The first-order valence-electron chi connectivity index (χ1n) is 7.77. The van der Waals surface area contributed by atoms with Gasteiger partial charge in [0.15, 0.2) is 5.82 Å². The van der Waals surface area contributed by atoms with Gasteiger partial charge in [-0.05, 0) is 32.5 Å². The number of halogens is 1. The van der Waals surface area contributed by atoms with E-state index in [1.165, 1.54) is 12.8 Å². The van der Waals surface area contributed by atoms with Crippen LogP contribution in [0.5, 0.6) is 5.88 Å². The fourth-order valence-corrected chi connectivity index (χ4v) is 2.54. The number of hydrogen-bond acceptors (Lipinski definition) is 4. The molecule has 1 aliphatic heterocycles. The zero-order valence-corrected chi connectivity index (χ0v) is 13.2. The Morgan fingerprint density at radius 3 is 3.00 bits per heavy atom. The van der Waals surface area contributed by atoms with E-state index in [0.29, 0.717) is 30.8 Å². The molecule has 4 nitrogen and oxygen atoms in total. The summed E-state index contributed by atoms with van der Waals surface area (Å²) in [6, 6.07) is 2.37. The summed E-state index contributed by atoms with van der Waals surface area (Å²) in [5.74, 6) is -0.221. The van der Waals surface area contributed by atoms with Crippen molar-refractivity contribution >= 4 is 0 Å². The SMILES string of the molecule is CC(C)NCc1ccnc(OCC2CCCCN2C)c1F. The van der Waals surface area contributed by atoms with Gasteiger partial charge in [0.05, 0.1) is 0 Å². The third-order valence-corrected chi connectivity index (χ3v) is 3.97. The number of ether oxygens (including phenoxy) is 1. The first-order valence-corrected chi connectivity index (χ1v) is 7.77. The molecule has 1 aromatic heterocycles. The average Bonchev–Trinajstić information content (AvgIpc) is 2.46. The van der Waals surface area contributed by atoms with Gasteiger partial charge >= 0.3 is 0 Å². The molecule has 1 atom stereocenters. The number of likely N-dealkylation sites (tertiary alicyclic amines) is 1. The van der Waals surface area contributed by atoms with Crippen LogP contribution in [-0.4, -0.2) is 42.2 Å². The molecule has 2 rings (SSSR count). The number of piperidine rings is 1. The lowest BCUT2D eigenvalue weighted by molar-refractivity contribution is 0.120. The minimum atomic E-state index is -0.343. The summed E-state index contributed by atoms with van der Waals surface area (Å²) in [5.41, 5.74) is 0.602. The number of aromatic nitrogens is 1. The van der Waals surface area contributed by atoms with E-state index < -0.39 is 0 Å². The molecule has 1 aromatic rings. The Balaban J connectivity index is 1.94. The zero-order chi connectivity index (χ0) is 15.2. The maximum absolute atomic E-state index is 14.3. The number of nitrogens with one attached hydrogen (secondary N) is 1. The molecule has 1 fully saturated rings. The second-order valence-electron chi connectivity index (χ2n) is 6.07. The van der Waals surface area contributed by atoms with Crippen LogP contribution in [0.15, 0.2) is 12.3 Å². The maximum Gasteiger partial charge on any atom is 0.250 e. The number of hydrogen-bond donors (Lipinski definition) is 1. The Morgan fingerprint density at radius 1 is 1.48 bits per heavy atom. The molecule has 0 amide bonds. The highest BCUT2D eigenvalue weighted by atomic mass is 19.1. The molecule has 1 saturated heterocycles. The Morgan fingerprint density at radius 2 is 2.29 bits per heavy atom. The van der Waals surface area contributed by atoms with Gasteiger partial charge in [-0.3, -0.25) is 0 Å². The third kappa shape index (κ3) is 4.64. The molecule has 0 aromatic carbocycles. The normalized spacial score (nSPS) is 20.0. The Labute approximate surface area is 126 Å². The zero-order valence-electron chi connectivity index (χ0n) is 13.2. The van der Waals surface area contributed by atoms with Crippen LogP contribution >= 0.6 is 0 Å². The quantitative estimate of drug-likeness (QED) is 0.875. The van der Waals surface area contributed by atoms with Crippen LogP contribution in [0.4, 0.5) is 4.39 Å². The summed E-state index contributed by atoms with van der Waals surface area (Å²) < 4.78 is 20.0. The summed E-state index contributed by atoms with van der Waals surface area (Å²) in [4.78, 5) is 6.32. The molecule has 0 radical (unpaired) electrons. The molecular formula is C16H26FN3O. The van der Waals surface area contributed by atoms with Crippen LogP contribution < -0.4 is 10.1 Å². The van der Waals surface area contributed by atoms with Crippen molar-refractivity contribution in [2.75, 3.05) is 20.2 Å². The van der Waals surface area contributed by atoms with Gasteiger partial charge in [0.2, 0.25) is 0 Å². The largest absolute Gasteiger partial charge is 0.474 e. The van der Waals surface area contributed by atoms with Crippen LogP contribution in [0.1, 0.15) is 38.7 Å². The minimum Gasteiger partial charge on any atom is -0.474 e. The van der Waals surface area contributed by atoms with Gasteiger partial charge in [0, 0.05) is 30.4 Å². The Hall–Kier alpha value is -1.20. The summed E-state index contributed by atoms with van der Waals surface area (Å²) >= 11 is 0. The van der Waals surface area contributed by atoms with Crippen LogP contribution in [0, 0.1) is 5.82 Å². The van der Waals surface area contributed by atoms with E-state index in [4.69, 9.17) is 4.74 Å². The molecular weight excluding hydrogens is 269 g/mol. The molecule has 0 spiro atoms. The smallest absolute Gasteiger partial charge is 0.250 e. The monoisotopic (exact) mass is 295 g/mol. The molecule has 21 heavy (non-hydrogen) atoms. The van der Waals surface area contributed by atoms with Crippen molar-refractivity contribution in [3.8, 4) is 5.88 Å². The van der Waals surface area contributed by atoms with Crippen molar-refractivity contribution in [3.05, 3.63) is 23.6 Å². The van der Waals surface area contributed by atoms with Gasteiger partial charge in [-0.1, -0.05) is 20.3 Å². The van der Waals surface area contributed by atoms with Crippen LogP contribution in [0.3, 0.4) is 0 Å². The topological polar surface area (TPSA) is 37.4 Å². The van der Waals surface area contributed by atoms with Gasteiger partial charge in [0.1, 0.15) is 6.61 Å². The minimum absolute atomic E-state index is 0.122. The molecule has 2 heterocycles.